The molecule has 0 amide bonds. The SMILES string of the molecule is O=c1c(O)c(-c2ccc(O)c(O)c2)oc2cc(O)cc(O)c12.O=c1c(O)c(-c2ccc(O)c(O)c2)oc2cc(O)cc(O)c12.[O-2].[V+4]. The summed E-state index contributed by atoms with van der Waals surface area (Å²) in [4.78, 5) is 24.3. The van der Waals surface area contributed by atoms with Crippen molar-refractivity contribution in [1.82, 2.24) is 0 Å². The molecule has 2 heterocycles. The normalized spacial score (nSPS) is 10.4. The average Bonchev–Trinajstić information content (AvgIpc) is 2.95. The zero-order valence-corrected chi connectivity index (χ0v) is 24.1. The van der Waals surface area contributed by atoms with Gasteiger partial charge in [-0.3, -0.25) is 9.59 Å². The maximum Gasteiger partial charge on any atom is 4.00 e. The molecule has 0 fully saturated rings. The van der Waals surface area contributed by atoms with Crippen molar-refractivity contribution in [2.45, 2.75) is 0 Å². The third-order valence-corrected chi connectivity index (χ3v) is 6.35. The second kappa shape index (κ2) is 12.8. The molecule has 46 heavy (non-hydrogen) atoms. The van der Waals surface area contributed by atoms with Crippen LogP contribution in [-0.2, 0) is 24.0 Å². The van der Waals surface area contributed by atoms with Crippen LogP contribution in [0.3, 0.4) is 0 Å². The van der Waals surface area contributed by atoms with Gasteiger partial charge in [0.1, 0.15) is 44.9 Å². The fourth-order valence-corrected chi connectivity index (χ4v) is 4.27. The molecule has 1 radical (unpaired) electrons. The molecule has 0 spiro atoms. The van der Waals surface area contributed by atoms with E-state index in [9.17, 15) is 60.7 Å². The molecule has 233 valence electrons. The molecular weight excluding hydrogens is 651 g/mol. The topological polar surface area (TPSA) is 291 Å². The molecule has 6 rings (SSSR count). The third-order valence-electron chi connectivity index (χ3n) is 6.35. The van der Waals surface area contributed by atoms with Gasteiger partial charge in [-0.2, -0.15) is 0 Å². The van der Waals surface area contributed by atoms with E-state index in [-0.39, 0.29) is 91.6 Å². The van der Waals surface area contributed by atoms with Crippen LogP contribution in [-0.4, -0.2) is 51.1 Å². The summed E-state index contributed by atoms with van der Waals surface area (Å²) in [5.74, 6) is -5.43. The van der Waals surface area contributed by atoms with Gasteiger partial charge < -0.3 is 65.4 Å². The summed E-state index contributed by atoms with van der Waals surface area (Å²) < 4.78 is 10.7. The minimum Gasteiger partial charge on any atom is -2.00 e. The van der Waals surface area contributed by atoms with Gasteiger partial charge >= 0.3 is 18.6 Å². The molecule has 2 aromatic heterocycles. The Morgan fingerprint density at radius 3 is 1.11 bits per heavy atom. The van der Waals surface area contributed by atoms with Crippen molar-refractivity contribution in [3.8, 4) is 80.1 Å². The van der Waals surface area contributed by atoms with Crippen LogP contribution >= 0.6 is 0 Å². The zero-order chi connectivity index (χ0) is 32.0. The van der Waals surface area contributed by atoms with Crippen molar-refractivity contribution in [3.63, 3.8) is 0 Å². The molecular formula is C30H20O15V+2. The molecule has 0 saturated heterocycles. The van der Waals surface area contributed by atoms with E-state index in [0.717, 1.165) is 48.5 Å². The molecule has 0 aliphatic rings. The molecule has 0 aliphatic heterocycles. The number of benzene rings is 4. The van der Waals surface area contributed by atoms with Gasteiger partial charge in [0.15, 0.2) is 34.5 Å². The monoisotopic (exact) mass is 671 g/mol. The van der Waals surface area contributed by atoms with Gasteiger partial charge in [0, 0.05) is 35.4 Å². The van der Waals surface area contributed by atoms with Gasteiger partial charge in [-0.15, -0.1) is 0 Å². The molecule has 10 N–H and O–H groups in total. The van der Waals surface area contributed by atoms with Crippen molar-refractivity contribution in [1.29, 1.82) is 0 Å². The summed E-state index contributed by atoms with van der Waals surface area (Å²) in [7, 11) is 0. The quantitative estimate of drug-likeness (QED) is 0.117. The summed E-state index contributed by atoms with van der Waals surface area (Å²) in [6.45, 7) is 0. The van der Waals surface area contributed by atoms with Crippen molar-refractivity contribution in [3.05, 3.63) is 81.1 Å². The minimum absolute atomic E-state index is 0. The third kappa shape index (κ3) is 6.09. The van der Waals surface area contributed by atoms with Crippen LogP contribution in [0, 0.1) is 0 Å². The second-order valence-electron chi connectivity index (χ2n) is 9.30. The van der Waals surface area contributed by atoms with Crippen LogP contribution < -0.4 is 10.9 Å². The summed E-state index contributed by atoms with van der Waals surface area (Å²) in [5.41, 5.74) is -1.78. The molecule has 0 unspecified atom stereocenters. The number of phenolic OH excluding ortho intramolecular Hbond substituents is 8. The molecule has 16 heteroatoms. The van der Waals surface area contributed by atoms with Gasteiger partial charge in [-0.1, -0.05) is 0 Å². The number of aromatic hydroxyl groups is 10. The van der Waals surface area contributed by atoms with Crippen molar-refractivity contribution in [2.75, 3.05) is 0 Å². The van der Waals surface area contributed by atoms with Crippen LogP contribution in [0.15, 0.2) is 79.1 Å². The Bertz CT molecular complexity index is 2080. The van der Waals surface area contributed by atoms with E-state index < -0.39 is 45.4 Å². The Balaban J connectivity index is 0.000000240. The Hall–Kier alpha value is -6.16. The maximum atomic E-state index is 12.1. The van der Waals surface area contributed by atoms with Gasteiger partial charge in [0.2, 0.25) is 22.4 Å². The van der Waals surface area contributed by atoms with E-state index in [1.165, 1.54) is 12.1 Å². The van der Waals surface area contributed by atoms with E-state index in [1.807, 2.05) is 0 Å². The van der Waals surface area contributed by atoms with Crippen LogP contribution in [0.4, 0.5) is 0 Å². The number of phenols is 8. The van der Waals surface area contributed by atoms with E-state index in [2.05, 4.69) is 0 Å². The largest absolute Gasteiger partial charge is 4.00 e. The molecule has 0 bridgehead atoms. The average molecular weight is 671 g/mol. The Morgan fingerprint density at radius 2 is 0.783 bits per heavy atom. The van der Waals surface area contributed by atoms with Gasteiger partial charge in [0.05, 0.1) is 0 Å². The first-order valence-electron chi connectivity index (χ1n) is 12.2. The van der Waals surface area contributed by atoms with Gasteiger partial charge in [-0.25, -0.2) is 0 Å². The van der Waals surface area contributed by atoms with Gasteiger partial charge in [-0.05, 0) is 36.4 Å². The number of hydrogen-bond donors (Lipinski definition) is 10. The number of hydrogen-bond acceptors (Lipinski definition) is 14. The predicted octanol–water partition coefficient (Wildman–Crippen LogP) is 3.85. The predicted molar refractivity (Wildman–Crippen MR) is 153 cm³/mol. The first kappa shape index (κ1) is 34.3. The summed E-state index contributed by atoms with van der Waals surface area (Å²) in [6, 6.07) is 11.3. The molecule has 15 nitrogen and oxygen atoms in total. The summed E-state index contributed by atoms with van der Waals surface area (Å²) in [5, 5.41) is 95.3. The molecule has 0 atom stereocenters. The van der Waals surface area contributed by atoms with E-state index in [0.29, 0.717) is 0 Å². The molecule has 0 saturated carbocycles. The van der Waals surface area contributed by atoms with Crippen LogP contribution in [0.1, 0.15) is 0 Å². The smallest absolute Gasteiger partial charge is 2.00 e. The van der Waals surface area contributed by atoms with Crippen molar-refractivity contribution >= 4 is 21.9 Å². The molecule has 0 aliphatic carbocycles. The molecule has 6 aromatic rings. The minimum atomic E-state index is -0.888. The fourth-order valence-electron chi connectivity index (χ4n) is 4.27. The Kier molecular flexibility index (Phi) is 9.58. The van der Waals surface area contributed by atoms with E-state index >= 15 is 0 Å². The first-order chi connectivity index (χ1) is 20.8. The second-order valence-corrected chi connectivity index (χ2v) is 9.30. The van der Waals surface area contributed by atoms with Crippen molar-refractivity contribution in [2.24, 2.45) is 0 Å². The first-order valence-corrected chi connectivity index (χ1v) is 12.2. The zero-order valence-electron chi connectivity index (χ0n) is 22.7. The number of rotatable bonds is 2. The fraction of sp³-hybridized carbons (Fsp3) is 0. The Morgan fingerprint density at radius 1 is 0.435 bits per heavy atom. The summed E-state index contributed by atoms with van der Waals surface area (Å²) >= 11 is 0. The molecule has 4 aromatic carbocycles. The standard InChI is InChI=1S/2C15H10O7.O.V/c2*16-7-4-10(19)12-11(5-7)22-15(14(21)13(12)20)6-1-2-8(17)9(18)3-6;;/h2*1-5,16-19,21H;;/q;;-2;+4. The van der Waals surface area contributed by atoms with Crippen molar-refractivity contribution < 1.29 is 83.9 Å². The van der Waals surface area contributed by atoms with Crippen LogP contribution in [0.25, 0.3) is 44.6 Å². The summed E-state index contributed by atoms with van der Waals surface area (Å²) in [6.07, 6.45) is 0. The Labute approximate surface area is 266 Å². The van der Waals surface area contributed by atoms with Crippen LogP contribution in [0.5, 0.6) is 57.5 Å². The van der Waals surface area contributed by atoms with E-state index in [4.69, 9.17) is 8.83 Å². The van der Waals surface area contributed by atoms with Crippen LogP contribution in [0.2, 0.25) is 0 Å². The number of fused-ring (bicyclic) bond motifs is 2. The maximum absolute atomic E-state index is 12.1. The van der Waals surface area contributed by atoms with E-state index in [1.54, 1.807) is 0 Å². The van der Waals surface area contributed by atoms with Gasteiger partial charge in [0.25, 0.3) is 0 Å².